The molecule has 0 bridgehead atoms. The number of hydrogen-bond acceptors (Lipinski definition) is 10. The fraction of sp³-hybridized carbons (Fsp3) is 0.400. The van der Waals surface area contributed by atoms with E-state index in [2.05, 4.69) is 32.0 Å². The SMILES string of the molecule is CCC(C)n1ncn(-c2ccc(N3CCN(c4ccc(OCC5COC(Cn6cncn6)(c6ccc(Cl)cc6Cl)O5)nc4)C(C)C3)c(F)c2)c1=O. The number of anilines is 2. The molecule has 0 radical (unpaired) electrons. The largest absolute Gasteiger partial charge is 0.475 e. The molecule has 7 rings (SSSR count). The van der Waals surface area contributed by atoms with Gasteiger partial charge < -0.3 is 24.0 Å². The van der Waals surface area contributed by atoms with Crippen molar-refractivity contribution >= 4 is 34.6 Å². The number of ether oxygens (including phenoxy) is 3. The molecule has 0 spiro atoms. The Balaban J connectivity index is 0.960. The molecule has 0 saturated carbocycles. The summed E-state index contributed by atoms with van der Waals surface area (Å²) in [7, 11) is 0. The lowest BCUT2D eigenvalue weighted by atomic mass is 10.1. The fourth-order valence-electron chi connectivity index (χ4n) is 6.52. The van der Waals surface area contributed by atoms with E-state index in [9.17, 15) is 4.79 Å². The number of nitrogens with zero attached hydrogens (tertiary/aromatic N) is 9. The van der Waals surface area contributed by atoms with Crippen LogP contribution < -0.4 is 20.2 Å². The standard InChI is InChI=1S/C35H38Cl2FN9O4/c1-4-23(2)47-34(48)46(22-42-47)26-6-9-32(31(38)14-26)43-11-12-45(24(3)16-43)27-7-10-33(40-15-27)49-17-28-18-50-35(51-28,19-44-21-39-20-41-44)29-8-5-25(36)13-30(29)37/h5-10,13-15,20-24,28H,4,11-12,16-19H2,1-3H3. The van der Waals surface area contributed by atoms with Crippen LogP contribution in [0.2, 0.25) is 10.0 Å². The van der Waals surface area contributed by atoms with Crippen LogP contribution in [0.1, 0.15) is 38.8 Å². The van der Waals surface area contributed by atoms with Crippen LogP contribution in [0.15, 0.2) is 78.5 Å². The van der Waals surface area contributed by atoms with Gasteiger partial charge in [-0.2, -0.15) is 10.2 Å². The molecule has 0 N–H and O–H groups in total. The van der Waals surface area contributed by atoms with Gasteiger partial charge in [-0.05, 0) is 50.6 Å². The molecule has 5 aromatic rings. The first-order valence-electron chi connectivity index (χ1n) is 16.8. The molecule has 5 heterocycles. The Morgan fingerprint density at radius 3 is 2.63 bits per heavy atom. The van der Waals surface area contributed by atoms with E-state index >= 15 is 4.39 Å². The van der Waals surface area contributed by atoms with Crippen molar-refractivity contribution in [3.8, 4) is 11.6 Å². The molecule has 16 heteroatoms. The minimum Gasteiger partial charge on any atom is -0.475 e. The van der Waals surface area contributed by atoms with Crippen molar-refractivity contribution in [3.63, 3.8) is 0 Å². The molecule has 2 saturated heterocycles. The predicted molar refractivity (Wildman–Crippen MR) is 191 cm³/mol. The van der Waals surface area contributed by atoms with Crippen LogP contribution in [0.3, 0.4) is 0 Å². The highest BCUT2D eigenvalue weighted by molar-refractivity contribution is 6.35. The van der Waals surface area contributed by atoms with E-state index in [1.54, 1.807) is 47.5 Å². The van der Waals surface area contributed by atoms with Gasteiger partial charge in [0.05, 0.1) is 40.9 Å². The zero-order valence-corrected chi connectivity index (χ0v) is 29.9. The van der Waals surface area contributed by atoms with Crippen LogP contribution in [-0.4, -0.2) is 79.1 Å². The first kappa shape index (κ1) is 34.9. The maximum Gasteiger partial charge on any atom is 0.350 e. The molecule has 4 atom stereocenters. The average Bonchev–Trinajstić information content (AvgIpc) is 3.88. The quantitative estimate of drug-likeness (QED) is 0.172. The minimum absolute atomic E-state index is 0.0406. The zero-order valence-electron chi connectivity index (χ0n) is 28.4. The Morgan fingerprint density at radius 1 is 1.08 bits per heavy atom. The van der Waals surface area contributed by atoms with E-state index in [4.69, 9.17) is 37.4 Å². The summed E-state index contributed by atoms with van der Waals surface area (Å²) >= 11 is 12.7. The van der Waals surface area contributed by atoms with Crippen molar-refractivity contribution in [2.24, 2.45) is 0 Å². The number of halogens is 3. The summed E-state index contributed by atoms with van der Waals surface area (Å²) in [5.74, 6) is -1.15. The predicted octanol–water partition coefficient (Wildman–Crippen LogP) is 5.50. The van der Waals surface area contributed by atoms with E-state index in [-0.39, 0.29) is 43.3 Å². The van der Waals surface area contributed by atoms with Gasteiger partial charge in [0, 0.05) is 48.4 Å². The maximum absolute atomic E-state index is 15.4. The second-order valence-electron chi connectivity index (χ2n) is 12.8. The molecule has 2 aromatic carbocycles. The van der Waals surface area contributed by atoms with Gasteiger partial charge in [0.15, 0.2) is 0 Å². The molecule has 2 aliphatic heterocycles. The van der Waals surface area contributed by atoms with Gasteiger partial charge in [0.25, 0.3) is 0 Å². The van der Waals surface area contributed by atoms with Crippen molar-refractivity contribution in [2.75, 3.05) is 42.6 Å². The van der Waals surface area contributed by atoms with Crippen molar-refractivity contribution in [1.82, 2.24) is 34.1 Å². The number of piperazine rings is 1. The van der Waals surface area contributed by atoms with E-state index in [1.807, 2.05) is 30.9 Å². The number of aromatic nitrogens is 7. The molecular formula is C35H38Cl2FN9O4. The molecule has 13 nitrogen and oxygen atoms in total. The Labute approximate surface area is 304 Å². The number of pyridine rings is 1. The molecule has 3 aromatic heterocycles. The van der Waals surface area contributed by atoms with Gasteiger partial charge in [-0.3, -0.25) is 0 Å². The average molecular weight is 739 g/mol. The monoisotopic (exact) mass is 737 g/mol. The fourth-order valence-corrected chi connectivity index (χ4v) is 7.07. The van der Waals surface area contributed by atoms with Crippen LogP contribution in [0, 0.1) is 5.82 Å². The third-order valence-electron chi connectivity index (χ3n) is 9.39. The van der Waals surface area contributed by atoms with Crippen molar-refractivity contribution in [3.05, 3.63) is 106 Å². The first-order valence-corrected chi connectivity index (χ1v) is 17.6. The van der Waals surface area contributed by atoms with Gasteiger partial charge >= 0.3 is 5.69 Å². The molecular weight excluding hydrogens is 700 g/mol. The Hall–Kier alpha value is -4.50. The minimum atomic E-state index is -1.21. The number of benzene rings is 2. The summed E-state index contributed by atoms with van der Waals surface area (Å²) in [5.41, 5.74) is 2.22. The smallest absolute Gasteiger partial charge is 0.350 e. The summed E-state index contributed by atoms with van der Waals surface area (Å²) in [6, 6.07) is 13.9. The van der Waals surface area contributed by atoms with Crippen LogP contribution in [0.25, 0.3) is 5.69 Å². The van der Waals surface area contributed by atoms with Crippen LogP contribution in [-0.2, 0) is 21.8 Å². The van der Waals surface area contributed by atoms with Gasteiger partial charge in [0.1, 0.15) is 44.1 Å². The lowest BCUT2D eigenvalue weighted by Crippen LogP contribution is -2.52. The third kappa shape index (κ3) is 7.18. The van der Waals surface area contributed by atoms with Crippen LogP contribution in [0.5, 0.6) is 5.88 Å². The molecule has 51 heavy (non-hydrogen) atoms. The normalized spacial score (nSPS) is 21.3. The molecule has 2 aliphatic rings. The Kier molecular flexibility index (Phi) is 10.0. The zero-order chi connectivity index (χ0) is 35.7. The highest BCUT2D eigenvalue weighted by Gasteiger charge is 2.45. The van der Waals surface area contributed by atoms with Crippen molar-refractivity contribution in [2.45, 2.75) is 57.7 Å². The Bertz CT molecular complexity index is 2030. The summed E-state index contributed by atoms with van der Waals surface area (Å²) in [6.07, 6.45) is 6.61. The van der Waals surface area contributed by atoms with Crippen LogP contribution in [0.4, 0.5) is 15.8 Å². The molecule has 0 aliphatic carbocycles. The Morgan fingerprint density at radius 2 is 1.92 bits per heavy atom. The number of rotatable bonds is 11. The van der Waals surface area contributed by atoms with Gasteiger partial charge in [-0.15, -0.1) is 0 Å². The second kappa shape index (κ2) is 14.6. The molecule has 4 unspecified atom stereocenters. The van der Waals surface area contributed by atoms with E-state index in [1.165, 1.54) is 28.0 Å². The highest BCUT2D eigenvalue weighted by Crippen LogP contribution is 2.40. The lowest BCUT2D eigenvalue weighted by molar-refractivity contribution is -0.190. The maximum atomic E-state index is 15.4. The highest BCUT2D eigenvalue weighted by atomic mass is 35.5. The van der Waals surface area contributed by atoms with E-state index < -0.39 is 11.9 Å². The first-order chi connectivity index (χ1) is 24.6. The van der Waals surface area contributed by atoms with Gasteiger partial charge in [0.2, 0.25) is 11.7 Å². The topological polar surface area (TPSA) is 118 Å². The van der Waals surface area contributed by atoms with Gasteiger partial charge in [-0.25, -0.2) is 33.1 Å². The summed E-state index contributed by atoms with van der Waals surface area (Å²) in [4.78, 5) is 25.7. The van der Waals surface area contributed by atoms with Crippen LogP contribution >= 0.6 is 23.2 Å². The van der Waals surface area contributed by atoms with Crippen molar-refractivity contribution in [1.29, 1.82) is 0 Å². The molecule has 268 valence electrons. The van der Waals surface area contributed by atoms with E-state index in [0.717, 1.165) is 12.1 Å². The summed E-state index contributed by atoms with van der Waals surface area (Å²) in [5, 5.41) is 9.34. The van der Waals surface area contributed by atoms with Gasteiger partial charge in [-0.1, -0.05) is 36.2 Å². The lowest BCUT2D eigenvalue weighted by Gasteiger charge is -2.42. The number of hydrogen-bond donors (Lipinski definition) is 0. The summed E-state index contributed by atoms with van der Waals surface area (Å²) < 4.78 is 38.6. The molecule has 2 fully saturated rings. The third-order valence-corrected chi connectivity index (χ3v) is 9.93. The van der Waals surface area contributed by atoms with E-state index in [0.29, 0.717) is 52.5 Å². The molecule has 0 amide bonds. The summed E-state index contributed by atoms with van der Waals surface area (Å²) in [6.45, 7) is 8.59. The van der Waals surface area contributed by atoms with Crippen molar-refractivity contribution < 1.29 is 18.6 Å². The second-order valence-corrected chi connectivity index (χ2v) is 13.6.